The van der Waals surface area contributed by atoms with Gasteiger partial charge < -0.3 is 9.47 Å². The lowest BCUT2D eigenvalue weighted by atomic mass is 9.68. The van der Waals surface area contributed by atoms with Crippen LogP contribution in [0.4, 0.5) is 10.1 Å². The molecule has 4 aromatic rings. The zero-order valence-electron chi connectivity index (χ0n) is 17.7. The van der Waals surface area contributed by atoms with Crippen molar-refractivity contribution in [2.24, 2.45) is 5.41 Å². The Labute approximate surface area is 185 Å². The van der Waals surface area contributed by atoms with Gasteiger partial charge in [-0.25, -0.2) is 4.39 Å². The Morgan fingerprint density at radius 2 is 1.81 bits per heavy atom. The molecule has 7 heteroatoms. The summed E-state index contributed by atoms with van der Waals surface area (Å²) in [6, 6.07) is 15.4. The lowest BCUT2D eigenvalue weighted by molar-refractivity contribution is 0.165. The Kier molecular flexibility index (Phi) is 3.69. The van der Waals surface area contributed by atoms with E-state index in [4.69, 9.17) is 0 Å². The molecule has 0 N–H and O–H groups in total. The minimum absolute atomic E-state index is 0.231. The first-order valence-electron chi connectivity index (χ1n) is 11.3. The second-order valence-corrected chi connectivity index (χ2v) is 9.50. The Hall–Kier alpha value is -3.48. The number of tetrazole rings is 1. The second-order valence-electron chi connectivity index (χ2n) is 9.50. The van der Waals surface area contributed by atoms with Crippen molar-refractivity contribution in [1.29, 1.82) is 0 Å². The van der Waals surface area contributed by atoms with Gasteiger partial charge in [0.05, 0.1) is 11.4 Å². The van der Waals surface area contributed by atoms with Crippen molar-refractivity contribution in [2.75, 3.05) is 18.0 Å². The maximum absolute atomic E-state index is 13.4. The van der Waals surface area contributed by atoms with Crippen LogP contribution in [0.2, 0.25) is 0 Å². The molecule has 4 heterocycles. The van der Waals surface area contributed by atoms with Crippen LogP contribution in [0.25, 0.3) is 28.3 Å². The van der Waals surface area contributed by atoms with Gasteiger partial charge in [0.2, 0.25) is 5.82 Å². The number of benzene rings is 2. The molecule has 2 fully saturated rings. The number of rotatable bonds is 2. The second kappa shape index (κ2) is 6.51. The SMILES string of the molecule is Fc1ccc(-c2cc3n(c2)Cc2cc(N4CCC5(CCC5)C4)ccc2-n2nnnc2-3)cc1. The average Bonchev–Trinajstić information content (AvgIpc) is 3.51. The maximum atomic E-state index is 13.4. The summed E-state index contributed by atoms with van der Waals surface area (Å²) in [7, 11) is 0. The van der Waals surface area contributed by atoms with E-state index < -0.39 is 0 Å². The maximum Gasteiger partial charge on any atom is 0.203 e. The van der Waals surface area contributed by atoms with Crippen molar-refractivity contribution < 1.29 is 4.39 Å². The van der Waals surface area contributed by atoms with Crippen molar-refractivity contribution in [3.63, 3.8) is 0 Å². The van der Waals surface area contributed by atoms with Gasteiger partial charge in [-0.2, -0.15) is 4.68 Å². The summed E-state index contributed by atoms with van der Waals surface area (Å²) >= 11 is 0. The molecule has 1 saturated carbocycles. The highest BCUT2D eigenvalue weighted by molar-refractivity contribution is 5.71. The predicted octanol–water partition coefficient (Wildman–Crippen LogP) is 4.68. The first kappa shape index (κ1) is 18.1. The molecule has 1 aliphatic carbocycles. The minimum Gasteiger partial charge on any atom is -0.371 e. The molecule has 0 unspecified atom stereocenters. The van der Waals surface area contributed by atoms with Gasteiger partial charge >= 0.3 is 0 Å². The Morgan fingerprint density at radius 1 is 0.938 bits per heavy atom. The topological polar surface area (TPSA) is 51.8 Å². The van der Waals surface area contributed by atoms with Gasteiger partial charge in [0.1, 0.15) is 5.82 Å². The largest absolute Gasteiger partial charge is 0.371 e. The van der Waals surface area contributed by atoms with Crippen molar-refractivity contribution >= 4 is 5.69 Å². The molecule has 0 radical (unpaired) electrons. The number of halogens is 1. The predicted molar refractivity (Wildman–Crippen MR) is 120 cm³/mol. The summed E-state index contributed by atoms with van der Waals surface area (Å²) in [5, 5.41) is 12.6. The third-order valence-electron chi connectivity index (χ3n) is 7.62. The molecule has 1 spiro atoms. The normalized spacial score (nSPS) is 18.1. The lowest BCUT2D eigenvalue weighted by Gasteiger charge is -2.38. The van der Waals surface area contributed by atoms with E-state index in [1.54, 1.807) is 0 Å². The van der Waals surface area contributed by atoms with Gasteiger partial charge in [-0.1, -0.05) is 18.6 Å². The van der Waals surface area contributed by atoms with E-state index >= 15 is 0 Å². The molecule has 2 aromatic heterocycles. The van der Waals surface area contributed by atoms with Crippen LogP contribution < -0.4 is 4.90 Å². The summed E-state index contributed by atoms with van der Waals surface area (Å²) in [6.07, 6.45) is 7.56. The van der Waals surface area contributed by atoms with Crippen LogP contribution in [-0.4, -0.2) is 37.9 Å². The molecule has 7 rings (SSSR count). The minimum atomic E-state index is -0.231. The zero-order chi connectivity index (χ0) is 21.3. The summed E-state index contributed by atoms with van der Waals surface area (Å²) in [6.45, 7) is 3.04. The van der Waals surface area contributed by atoms with Crippen LogP contribution in [-0.2, 0) is 6.54 Å². The molecule has 0 amide bonds. The lowest BCUT2D eigenvalue weighted by Crippen LogP contribution is -2.33. The monoisotopic (exact) mass is 426 g/mol. The van der Waals surface area contributed by atoms with Crippen LogP contribution in [0.5, 0.6) is 0 Å². The fraction of sp³-hybridized carbons (Fsp3) is 0.320. The van der Waals surface area contributed by atoms with E-state index in [2.05, 4.69) is 55.5 Å². The van der Waals surface area contributed by atoms with Crippen molar-refractivity contribution in [1.82, 2.24) is 24.8 Å². The van der Waals surface area contributed by atoms with Gasteiger partial charge in [0.25, 0.3) is 0 Å². The van der Waals surface area contributed by atoms with Gasteiger partial charge in [-0.15, -0.1) is 5.10 Å². The average molecular weight is 426 g/mol. The molecule has 0 atom stereocenters. The fourth-order valence-electron chi connectivity index (χ4n) is 5.66. The van der Waals surface area contributed by atoms with E-state index in [1.165, 1.54) is 55.6 Å². The van der Waals surface area contributed by atoms with E-state index in [9.17, 15) is 4.39 Å². The molecule has 3 aliphatic rings. The summed E-state index contributed by atoms with van der Waals surface area (Å²) < 4.78 is 17.4. The van der Waals surface area contributed by atoms with E-state index in [0.717, 1.165) is 41.4 Å². The molecular formula is C25H23FN6. The number of hydrogen-bond donors (Lipinski definition) is 0. The molecule has 6 nitrogen and oxygen atoms in total. The molecule has 160 valence electrons. The van der Waals surface area contributed by atoms with Crippen molar-refractivity contribution in [3.05, 3.63) is 66.1 Å². The summed E-state index contributed by atoms with van der Waals surface area (Å²) in [5.41, 5.74) is 7.04. The molecule has 1 saturated heterocycles. The number of fused-ring (bicyclic) bond motifs is 5. The van der Waals surface area contributed by atoms with Crippen LogP contribution in [0.1, 0.15) is 31.2 Å². The highest BCUT2D eigenvalue weighted by atomic mass is 19.1. The first-order chi connectivity index (χ1) is 15.7. The van der Waals surface area contributed by atoms with Gasteiger partial charge in [0.15, 0.2) is 0 Å². The van der Waals surface area contributed by atoms with Crippen molar-refractivity contribution in [3.8, 4) is 28.3 Å². The van der Waals surface area contributed by atoms with E-state index in [-0.39, 0.29) is 5.82 Å². The number of nitrogens with zero attached hydrogens (tertiary/aromatic N) is 6. The van der Waals surface area contributed by atoms with E-state index in [1.807, 2.05) is 16.8 Å². The smallest absolute Gasteiger partial charge is 0.203 e. The van der Waals surface area contributed by atoms with Crippen LogP contribution in [0.3, 0.4) is 0 Å². The van der Waals surface area contributed by atoms with Crippen LogP contribution in [0, 0.1) is 11.2 Å². The quantitative estimate of drug-likeness (QED) is 0.411. The Morgan fingerprint density at radius 3 is 2.59 bits per heavy atom. The first-order valence-corrected chi connectivity index (χ1v) is 11.3. The zero-order valence-corrected chi connectivity index (χ0v) is 17.7. The number of anilines is 1. The molecular weight excluding hydrogens is 403 g/mol. The van der Waals surface area contributed by atoms with E-state index in [0.29, 0.717) is 5.41 Å². The molecule has 2 aromatic carbocycles. The molecule has 2 aliphatic heterocycles. The Balaban J connectivity index is 1.30. The van der Waals surface area contributed by atoms with Crippen LogP contribution in [0.15, 0.2) is 54.7 Å². The number of aromatic nitrogens is 5. The van der Waals surface area contributed by atoms with Crippen LogP contribution >= 0.6 is 0 Å². The molecule has 0 bridgehead atoms. The van der Waals surface area contributed by atoms with Crippen molar-refractivity contribution in [2.45, 2.75) is 32.2 Å². The van der Waals surface area contributed by atoms with Gasteiger partial charge in [0, 0.05) is 37.1 Å². The summed E-state index contributed by atoms with van der Waals surface area (Å²) in [5.74, 6) is 0.491. The third kappa shape index (κ3) is 2.66. The van der Waals surface area contributed by atoms with Gasteiger partial charge in [-0.3, -0.25) is 0 Å². The standard InChI is InChI=1S/C25H23FN6/c26-20-4-2-17(3-5-20)18-13-23-24-27-28-29-32(24)22-7-6-21(12-19(22)15-31(23)14-18)30-11-10-25(16-30)8-1-9-25/h2-7,12-14H,1,8-11,15-16H2. The highest BCUT2D eigenvalue weighted by Gasteiger charge is 2.42. The fourth-order valence-corrected chi connectivity index (χ4v) is 5.66. The number of hydrogen-bond acceptors (Lipinski definition) is 4. The Bertz CT molecular complexity index is 1330. The molecule has 32 heavy (non-hydrogen) atoms. The third-order valence-corrected chi connectivity index (χ3v) is 7.62. The van der Waals surface area contributed by atoms with Gasteiger partial charge in [-0.05, 0) is 82.6 Å². The summed E-state index contributed by atoms with van der Waals surface area (Å²) in [4.78, 5) is 2.55. The highest BCUT2D eigenvalue weighted by Crippen LogP contribution is 2.49.